The van der Waals surface area contributed by atoms with Crippen molar-refractivity contribution in [2.24, 2.45) is 5.92 Å². The fourth-order valence-corrected chi connectivity index (χ4v) is 4.20. The lowest BCUT2D eigenvalue weighted by Gasteiger charge is -2.30. The van der Waals surface area contributed by atoms with Gasteiger partial charge in [-0.3, -0.25) is 14.5 Å². The van der Waals surface area contributed by atoms with Gasteiger partial charge in [-0.1, -0.05) is 48.5 Å². The molecule has 3 aromatic rings. The van der Waals surface area contributed by atoms with E-state index in [1.54, 1.807) is 7.11 Å². The van der Waals surface area contributed by atoms with E-state index < -0.39 is 0 Å². The minimum Gasteiger partial charge on any atom is -0.497 e. The van der Waals surface area contributed by atoms with E-state index in [0.717, 1.165) is 53.7 Å². The molecule has 0 atom stereocenters. The van der Waals surface area contributed by atoms with Gasteiger partial charge in [0, 0.05) is 23.5 Å². The zero-order valence-corrected chi connectivity index (χ0v) is 18.3. The first-order chi connectivity index (χ1) is 15.6. The van der Waals surface area contributed by atoms with Crippen LogP contribution in [0.1, 0.15) is 18.4 Å². The second-order valence-corrected chi connectivity index (χ2v) is 8.19. The third kappa shape index (κ3) is 5.45. The molecule has 166 valence electrons. The largest absolute Gasteiger partial charge is 0.497 e. The van der Waals surface area contributed by atoms with Crippen LogP contribution in [0, 0.1) is 5.92 Å². The maximum Gasteiger partial charge on any atom is 0.238 e. The molecule has 2 N–H and O–H groups in total. The van der Waals surface area contributed by atoms with Crippen LogP contribution in [0.5, 0.6) is 5.75 Å². The third-order valence-corrected chi connectivity index (χ3v) is 5.99. The van der Waals surface area contributed by atoms with E-state index in [9.17, 15) is 9.59 Å². The second kappa shape index (κ2) is 10.3. The van der Waals surface area contributed by atoms with Gasteiger partial charge in [-0.05, 0) is 55.1 Å². The van der Waals surface area contributed by atoms with Gasteiger partial charge in [-0.15, -0.1) is 0 Å². The Morgan fingerprint density at radius 1 is 1.00 bits per heavy atom. The Labute approximate surface area is 188 Å². The molecule has 2 amide bonds. The molecule has 0 spiro atoms. The Morgan fingerprint density at radius 3 is 2.56 bits per heavy atom. The number of nitrogens with zero attached hydrogens (tertiary/aromatic N) is 1. The summed E-state index contributed by atoms with van der Waals surface area (Å²) in [4.78, 5) is 27.3. The van der Waals surface area contributed by atoms with E-state index in [-0.39, 0.29) is 17.7 Å². The highest BCUT2D eigenvalue weighted by Crippen LogP contribution is 2.23. The van der Waals surface area contributed by atoms with E-state index >= 15 is 0 Å². The van der Waals surface area contributed by atoms with Crippen LogP contribution >= 0.6 is 0 Å². The molecule has 1 saturated heterocycles. The maximum atomic E-state index is 12.6. The number of fused-ring (bicyclic) bond motifs is 1. The van der Waals surface area contributed by atoms with Crippen molar-refractivity contribution in [1.82, 2.24) is 10.2 Å². The summed E-state index contributed by atoms with van der Waals surface area (Å²) in [6.07, 6.45) is 1.51. The molecule has 0 aromatic heterocycles. The zero-order chi connectivity index (χ0) is 22.3. The molecular formula is C26H29N3O3. The number of amides is 2. The lowest BCUT2D eigenvalue weighted by molar-refractivity contribution is -0.126. The summed E-state index contributed by atoms with van der Waals surface area (Å²) in [5, 5.41) is 8.22. The summed E-state index contributed by atoms with van der Waals surface area (Å²) >= 11 is 0. The molecule has 0 unspecified atom stereocenters. The van der Waals surface area contributed by atoms with E-state index in [0.29, 0.717) is 13.1 Å². The van der Waals surface area contributed by atoms with Gasteiger partial charge in [0.1, 0.15) is 5.75 Å². The fraction of sp³-hybridized carbons (Fsp3) is 0.308. The molecule has 0 saturated carbocycles. The highest BCUT2D eigenvalue weighted by molar-refractivity contribution is 6.02. The van der Waals surface area contributed by atoms with Crippen LogP contribution in [0.25, 0.3) is 10.8 Å². The first kappa shape index (κ1) is 21.8. The van der Waals surface area contributed by atoms with E-state index in [2.05, 4.69) is 15.5 Å². The van der Waals surface area contributed by atoms with Crippen LogP contribution in [-0.2, 0) is 16.1 Å². The molecular weight excluding hydrogens is 402 g/mol. The molecule has 4 rings (SSSR count). The molecule has 6 heteroatoms. The molecule has 0 bridgehead atoms. The molecule has 3 aromatic carbocycles. The van der Waals surface area contributed by atoms with Crippen LogP contribution in [0.4, 0.5) is 5.69 Å². The third-order valence-electron chi connectivity index (χ3n) is 5.99. The van der Waals surface area contributed by atoms with Crippen molar-refractivity contribution in [3.63, 3.8) is 0 Å². The number of anilines is 1. The minimum atomic E-state index is -0.0257. The van der Waals surface area contributed by atoms with Crippen molar-refractivity contribution in [3.8, 4) is 5.75 Å². The molecule has 1 heterocycles. The Morgan fingerprint density at radius 2 is 1.75 bits per heavy atom. The minimum absolute atomic E-state index is 0.0158. The molecule has 1 fully saturated rings. The van der Waals surface area contributed by atoms with Gasteiger partial charge in [-0.2, -0.15) is 0 Å². The number of carbonyl (C=O) groups is 2. The van der Waals surface area contributed by atoms with E-state index in [1.165, 1.54) is 0 Å². The Balaban J connectivity index is 1.23. The molecule has 1 aliphatic heterocycles. The number of methoxy groups -OCH3 is 1. The highest BCUT2D eigenvalue weighted by Gasteiger charge is 2.25. The highest BCUT2D eigenvalue weighted by atomic mass is 16.5. The van der Waals surface area contributed by atoms with Crippen LogP contribution < -0.4 is 15.4 Å². The van der Waals surface area contributed by atoms with Crippen molar-refractivity contribution in [2.75, 3.05) is 32.1 Å². The van der Waals surface area contributed by atoms with Gasteiger partial charge in [-0.25, -0.2) is 0 Å². The number of benzene rings is 3. The van der Waals surface area contributed by atoms with Crippen molar-refractivity contribution < 1.29 is 14.3 Å². The Kier molecular flexibility index (Phi) is 7.02. The number of carbonyl (C=O) groups excluding carboxylic acids is 2. The molecule has 1 aliphatic rings. The lowest BCUT2D eigenvalue weighted by atomic mass is 9.96. The maximum absolute atomic E-state index is 12.6. The number of rotatable bonds is 7. The van der Waals surface area contributed by atoms with Crippen LogP contribution in [-0.4, -0.2) is 43.5 Å². The summed E-state index contributed by atoms with van der Waals surface area (Å²) in [5.74, 6) is 0.819. The predicted molar refractivity (Wildman–Crippen MR) is 127 cm³/mol. The van der Waals surface area contributed by atoms with Crippen molar-refractivity contribution in [3.05, 3.63) is 72.3 Å². The van der Waals surface area contributed by atoms with Crippen LogP contribution in [0.3, 0.4) is 0 Å². The first-order valence-corrected chi connectivity index (χ1v) is 11.0. The average Bonchev–Trinajstić information content (AvgIpc) is 2.83. The van der Waals surface area contributed by atoms with Gasteiger partial charge in [0.2, 0.25) is 11.8 Å². The molecule has 0 aliphatic carbocycles. The lowest BCUT2D eigenvalue weighted by Crippen LogP contribution is -2.43. The number of nitrogens with one attached hydrogen (secondary N) is 2. The second-order valence-electron chi connectivity index (χ2n) is 8.19. The Hall–Kier alpha value is -3.38. The fourth-order valence-electron chi connectivity index (χ4n) is 4.20. The number of ether oxygens (including phenoxy) is 1. The summed E-state index contributed by atoms with van der Waals surface area (Å²) in [6.45, 7) is 2.30. The van der Waals surface area contributed by atoms with Crippen LogP contribution in [0.15, 0.2) is 66.7 Å². The van der Waals surface area contributed by atoms with Gasteiger partial charge in [0.15, 0.2) is 0 Å². The first-order valence-electron chi connectivity index (χ1n) is 11.0. The number of hydrogen-bond acceptors (Lipinski definition) is 4. The average molecular weight is 432 g/mol. The quantitative estimate of drug-likeness (QED) is 0.597. The predicted octanol–water partition coefficient (Wildman–Crippen LogP) is 3.82. The smallest absolute Gasteiger partial charge is 0.238 e. The monoisotopic (exact) mass is 431 g/mol. The SMILES string of the molecule is COc1cccc(CNC(=O)C2CCN(CC(=O)Nc3cccc4ccccc34)CC2)c1. The van der Waals surface area contributed by atoms with Crippen molar-refractivity contribution >= 4 is 28.3 Å². The summed E-state index contributed by atoms with van der Waals surface area (Å²) < 4.78 is 5.23. The van der Waals surface area contributed by atoms with Crippen LogP contribution in [0.2, 0.25) is 0 Å². The van der Waals surface area contributed by atoms with Gasteiger partial charge in [0.25, 0.3) is 0 Å². The molecule has 0 radical (unpaired) electrons. The number of piperidine rings is 1. The summed E-state index contributed by atoms with van der Waals surface area (Å²) in [5.41, 5.74) is 1.85. The summed E-state index contributed by atoms with van der Waals surface area (Å²) in [7, 11) is 1.63. The van der Waals surface area contributed by atoms with Crippen molar-refractivity contribution in [1.29, 1.82) is 0 Å². The Bertz CT molecular complexity index is 1090. The number of hydrogen-bond donors (Lipinski definition) is 2. The van der Waals surface area contributed by atoms with Gasteiger partial charge < -0.3 is 15.4 Å². The van der Waals surface area contributed by atoms with E-state index in [4.69, 9.17) is 4.74 Å². The van der Waals surface area contributed by atoms with Gasteiger partial charge in [0.05, 0.1) is 13.7 Å². The zero-order valence-electron chi connectivity index (χ0n) is 18.3. The van der Waals surface area contributed by atoms with Crippen molar-refractivity contribution in [2.45, 2.75) is 19.4 Å². The summed E-state index contributed by atoms with van der Waals surface area (Å²) in [6, 6.07) is 21.6. The normalized spacial score (nSPS) is 14.8. The molecule has 32 heavy (non-hydrogen) atoms. The molecule has 6 nitrogen and oxygen atoms in total. The topological polar surface area (TPSA) is 70.7 Å². The number of likely N-dealkylation sites (tertiary alicyclic amines) is 1. The van der Waals surface area contributed by atoms with E-state index in [1.807, 2.05) is 66.7 Å². The van der Waals surface area contributed by atoms with Gasteiger partial charge >= 0.3 is 0 Å². The standard InChI is InChI=1S/C26H29N3O3/c1-32-22-9-4-6-19(16-22)17-27-26(31)21-12-14-29(15-13-21)18-25(30)28-24-11-5-8-20-7-2-3-10-23(20)24/h2-11,16,21H,12-15,17-18H2,1H3,(H,27,31)(H,28,30).